The lowest BCUT2D eigenvalue weighted by Crippen LogP contribution is -2.41. The van der Waals surface area contributed by atoms with Crippen molar-refractivity contribution >= 4 is 10.0 Å². The minimum Gasteiger partial charge on any atom is -0.208 e. The van der Waals surface area contributed by atoms with Gasteiger partial charge in [0.2, 0.25) is 10.0 Å². The number of nitrogens with one attached hydrogen (secondary N) is 1. The lowest BCUT2D eigenvalue weighted by Gasteiger charge is -2.26. The van der Waals surface area contributed by atoms with Crippen LogP contribution in [0.4, 0.5) is 0 Å². The van der Waals surface area contributed by atoms with E-state index in [0.717, 1.165) is 30.4 Å². The Labute approximate surface area is 119 Å². The Kier molecular flexibility index (Phi) is 3.17. The highest BCUT2D eigenvalue weighted by molar-refractivity contribution is 7.89. The number of rotatable bonds is 3. The van der Waals surface area contributed by atoms with Gasteiger partial charge in [-0.25, -0.2) is 13.1 Å². The molecule has 1 spiro atoms. The molecule has 1 saturated carbocycles. The molecule has 1 N–H and O–H groups in total. The fraction of sp³-hybridized carbons (Fsp3) is 0.571. The summed E-state index contributed by atoms with van der Waals surface area (Å²) in [5.74, 6) is 0. The minimum absolute atomic E-state index is 0.0653. The molecule has 1 aliphatic carbocycles. The molecule has 3 rings (SSSR count). The van der Waals surface area contributed by atoms with E-state index in [-0.39, 0.29) is 11.7 Å². The van der Waals surface area contributed by atoms with E-state index in [0.29, 0.717) is 11.3 Å². The first-order chi connectivity index (χ1) is 9.40. The summed E-state index contributed by atoms with van der Waals surface area (Å²) >= 11 is 0. The van der Waals surface area contributed by atoms with Crippen molar-refractivity contribution in [3.8, 4) is 0 Å². The average Bonchev–Trinajstić information content (AvgIpc) is 3.07. The van der Waals surface area contributed by atoms with Crippen LogP contribution < -0.4 is 4.72 Å². The molecule has 1 aliphatic heterocycles. The zero-order valence-corrected chi connectivity index (χ0v) is 12.6. The second kappa shape index (κ2) is 4.63. The molecule has 1 unspecified atom stereocenters. The van der Waals surface area contributed by atoms with Crippen LogP contribution in [0.25, 0.3) is 0 Å². The molecule has 1 heterocycles. The number of hydrogen-bond acceptors (Lipinski definition) is 4. The molecule has 0 aromatic heterocycles. The fourth-order valence-corrected chi connectivity index (χ4v) is 4.46. The third kappa shape index (κ3) is 2.62. The van der Waals surface area contributed by atoms with E-state index >= 15 is 0 Å². The lowest BCUT2D eigenvalue weighted by molar-refractivity contribution is 0.336. The van der Waals surface area contributed by atoms with Crippen molar-refractivity contribution in [1.82, 2.24) is 4.72 Å². The van der Waals surface area contributed by atoms with Gasteiger partial charge in [0.1, 0.15) is 0 Å². The average molecular weight is 293 g/mol. The minimum atomic E-state index is -3.46. The van der Waals surface area contributed by atoms with Gasteiger partial charge in [0.05, 0.1) is 4.90 Å². The maximum Gasteiger partial charge on any atom is 0.241 e. The second-order valence-corrected chi connectivity index (χ2v) is 7.55. The summed E-state index contributed by atoms with van der Waals surface area (Å²) in [5.41, 5.74) is 1.57. The number of aryl methyl sites for hydroxylation is 2. The molecule has 0 saturated heterocycles. The van der Waals surface area contributed by atoms with Gasteiger partial charge in [-0.3, -0.25) is 0 Å². The third-order valence-corrected chi connectivity index (χ3v) is 5.71. The molecule has 2 aliphatic rings. The van der Waals surface area contributed by atoms with Crippen molar-refractivity contribution in [2.75, 3.05) is 0 Å². The van der Waals surface area contributed by atoms with E-state index < -0.39 is 10.0 Å². The predicted molar refractivity (Wildman–Crippen MR) is 76.1 cm³/mol. The van der Waals surface area contributed by atoms with E-state index in [4.69, 9.17) is 0 Å². The topological polar surface area (TPSA) is 70.9 Å². The summed E-state index contributed by atoms with van der Waals surface area (Å²) in [6.45, 7) is 3.79. The van der Waals surface area contributed by atoms with Gasteiger partial charge in [0.25, 0.3) is 0 Å². The highest BCUT2D eigenvalue weighted by atomic mass is 32.2. The van der Waals surface area contributed by atoms with E-state index in [1.54, 1.807) is 6.07 Å². The summed E-state index contributed by atoms with van der Waals surface area (Å²) in [6.07, 6.45) is 3.47. The molecule has 1 fully saturated rings. The predicted octanol–water partition coefficient (Wildman–Crippen LogP) is 2.69. The van der Waals surface area contributed by atoms with Crippen LogP contribution in [0.15, 0.2) is 33.3 Å². The summed E-state index contributed by atoms with van der Waals surface area (Å²) in [4.78, 5) is 0.368. The molecular weight excluding hydrogens is 274 g/mol. The highest BCUT2D eigenvalue weighted by Gasteiger charge is 2.45. The standard InChI is InChI=1S/C14H19N3O2S/c1-10-5-6-13(11(2)8-10)20(18,19)15-12-4-3-7-14(9-12)16-17-14/h5-6,8,12,15H,3-4,7,9H2,1-2H3. The van der Waals surface area contributed by atoms with Crippen molar-refractivity contribution in [3.05, 3.63) is 29.3 Å². The normalized spacial score (nSPS) is 24.0. The van der Waals surface area contributed by atoms with Crippen molar-refractivity contribution in [2.45, 2.75) is 56.1 Å². The van der Waals surface area contributed by atoms with E-state index in [1.165, 1.54) is 0 Å². The molecule has 108 valence electrons. The Bertz CT molecular complexity index is 661. The molecule has 20 heavy (non-hydrogen) atoms. The Morgan fingerprint density at radius 1 is 1.30 bits per heavy atom. The van der Waals surface area contributed by atoms with Crippen LogP contribution >= 0.6 is 0 Å². The van der Waals surface area contributed by atoms with Crippen molar-refractivity contribution in [3.63, 3.8) is 0 Å². The SMILES string of the molecule is Cc1ccc(S(=O)(=O)NC2CCCC3(C2)N=N3)c(C)c1. The largest absolute Gasteiger partial charge is 0.241 e. The van der Waals surface area contributed by atoms with Crippen LogP contribution in [-0.4, -0.2) is 20.1 Å². The molecule has 0 amide bonds. The highest BCUT2D eigenvalue weighted by Crippen LogP contribution is 2.42. The van der Waals surface area contributed by atoms with Gasteiger partial charge in [-0.15, -0.1) is 0 Å². The van der Waals surface area contributed by atoms with Gasteiger partial charge in [-0.2, -0.15) is 10.2 Å². The van der Waals surface area contributed by atoms with Crippen LogP contribution in [-0.2, 0) is 10.0 Å². The van der Waals surface area contributed by atoms with Crippen LogP contribution in [0.1, 0.15) is 36.8 Å². The Balaban J connectivity index is 1.78. The Morgan fingerprint density at radius 3 is 2.70 bits per heavy atom. The van der Waals surface area contributed by atoms with Gasteiger partial charge in [0.15, 0.2) is 5.66 Å². The van der Waals surface area contributed by atoms with Gasteiger partial charge in [0, 0.05) is 12.5 Å². The molecular formula is C14H19N3O2S. The molecule has 1 atom stereocenters. The van der Waals surface area contributed by atoms with Crippen molar-refractivity contribution < 1.29 is 8.42 Å². The molecule has 1 aromatic rings. The maximum absolute atomic E-state index is 12.5. The molecule has 1 aromatic carbocycles. The first kappa shape index (κ1) is 13.7. The number of sulfonamides is 1. The van der Waals surface area contributed by atoms with Crippen LogP contribution in [0, 0.1) is 13.8 Å². The quantitative estimate of drug-likeness (QED) is 0.930. The zero-order valence-electron chi connectivity index (χ0n) is 11.8. The first-order valence-corrected chi connectivity index (χ1v) is 8.42. The summed E-state index contributed by atoms with van der Waals surface area (Å²) < 4.78 is 27.8. The smallest absolute Gasteiger partial charge is 0.208 e. The maximum atomic E-state index is 12.5. The zero-order chi connectivity index (χ0) is 14.4. The fourth-order valence-electron chi connectivity index (χ4n) is 2.97. The second-order valence-electron chi connectivity index (χ2n) is 5.87. The van der Waals surface area contributed by atoms with E-state index in [2.05, 4.69) is 15.0 Å². The number of benzene rings is 1. The van der Waals surface area contributed by atoms with Gasteiger partial charge < -0.3 is 0 Å². The number of hydrogen-bond donors (Lipinski definition) is 1. The first-order valence-electron chi connectivity index (χ1n) is 6.94. The monoisotopic (exact) mass is 293 g/mol. The Morgan fingerprint density at radius 2 is 2.05 bits per heavy atom. The van der Waals surface area contributed by atoms with Crippen LogP contribution in [0.5, 0.6) is 0 Å². The van der Waals surface area contributed by atoms with E-state index in [9.17, 15) is 8.42 Å². The van der Waals surface area contributed by atoms with Crippen molar-refractivity contribution in [2.24, 2.45) is 10.2 Å². The van der Waals surface area contributed by atoms with E-state index in [1.807, 2.05) is 26.0 Å². The Hall–Kier alpha value is -1.27. The summed E-state index contributed by atoms with van der Waals surface area (Å²) in [5, 5.41) is 8.13. The number of nitrogens with zero attached hydrogens (tertiary/aromatic N) is 2. The van der Waals surface area contributed by atoms with Gasteiger partial charge in [-0.1, -0.05) is 17.7 Å². The van der Waals surface area contributed by atoms with Gasteiger partial charge >= 0.3 is 0 Å². The van der Waals surface area contributed by atoms with Crippen LogP contribution in [0.2, 0.25) is 0 Å². The molecule has 5 nitrogen and oxygen atoms in total. The molecule has 0 bridgehead atoms. The molecule has 0 radical (unpaired) electrons. The lowest BCUT2D eigenvalue weighted by atomic mass is 9.89. The summed E-state index contributed by atoms with van der Waals surface area (Å²) in [7, 11) is -3.46. The van der Waals surface area contributed by atoms with Crippen LogP contribution in [0.3, 0.4) is 0 Å². The van der Waals surface area contributed by atoms with Crippen molar-refractivity contribution in [1.29, 1.82) is 0 Å². The third-order valence-electron chi connectivity index (χ3n) is 4.03. The van der Waals surface area contributed by atoms with Gasteiger partial charge in [-0.05, 0) is 44.7 Å². The molecule has 6 heteroatoms. The summed E-state index contributed by atoms with van der Waals surface area (Å²) in [6, 6.07) is 5.33.